The molecule has 0 unspecified atom stereocenters. The van der Waals surface area contributed by atoms with Crippen molar-refractivity contribution in [1.29, 1.82) is 0 Å². The Morgan fingerprint density at radius 2 is 1.58 bits per heavy atom. The lowest BCUT2D eigenvalue weighted by molar-refractivity contribution is -0.160. The molecule has 4 aliphatic rings. The Labute approximate surface area is 210 Å². The number of para-hydroxylation sites is 1. The van der Waals surface area contributed by atoms with E-state index in [-0.39, 0.29) is 24.5 Å². The average molecular weight is 486 g/mol. The third-order valence-corrected chi connectivity index (χ3v) is 8.52. The predicted molar refractivity (Wildman–Crippen MR) is 135 cm³/mol. The minimum atomic E-state index is -1.09. The van der Waals surface area contributed by atoms with Gasteiger partial charge in [-0.1, -0.05) is 73.4 Å². The zero-order chi connectivity index (χ0) is 24.9. The smallest absolute Gasteiger partial charge is 0.328 e. The number of carboxylic acids is 1. The molecule has 2 aromatic rings. The van der Waals surface area contributed by atoms with Gasteiger partial charge in [-0.05, 0) is 49.0 Å². The lowest BCUT2D eigenvalue weighted by Gasteiger charge is -2.53. The van der Waals surface area contributed by atoms with Crippen LogP contribution in [-0.4, -0.2) is 57.5 Å². The summed E-state index contributed by atoms with van der Waals surface area (Å²) in [5.41, 5.74) is 3.19. The highest BCUT2D eigenvalue weighted by Gasteiger charge is 2.58. The number of carbonyl (C=O) groups excluding carboxylic acids is 2. The number of aliphatic carboxylic acids is 1. The van der Waals surface area contributed by atoms with E-state index in [2.05, 4.69) is 5.32 Å². The van der Waals surface area contributed by atoms with Gasteiger partial charge in [0.25, 0.3) is 0 Å². The Hall–Kier alpha value is -3.61. The number of urea groups is 1. The first-order valence-electron chi connectivity index (χ1n) is 12.9. The average Bonchev–Trinajstić information content (AvgIpc) is 3.68. The van der Waals surface area contributed by atoms with Crippen LogP contribution in [-0.2, 0) is 15.0 Å². The van der Waals surface area contributed by atoms with Gasteiger partial charge in [-0.2, -0.15) is 0 Å². The van der Waals surface area contributed by atoms with Crippen molar-refractivity contribution >= 4 is 23.6 Å². The first-order valence-corrected chi connectivity index (χ1v) is 12.9. The summed E-state index contributed by atoms with van der Waals surface area (Å²) < 4.78 is 0. The van der Waals surface area contributed by atoms with Gasteiger partial charge in [0.1, 0.15) is 0 Å². The number of nitrogens with zero attached hydrogens (tertiary/aromatic N) is 2. The molecule has 2 bridgehead atoms. The predicted octanol–water partition coefficient (Wildman–Crippen LogP) is 4.56. The van der Waals surface area contributed by atoms with Gasteiger partial charge < -0.3 is 20.2 Å². The van der Waals surface area contributed by atoms with Gasteiger partial charge in [0.15, 0.2) is 6.04 Å². The molecule has 7 nitrogen and oxygen atoms in total. The summed E-state index contributed by atoms with van der Waals surface area (Å²) in [7, 11) is 0. The number of carbonyl (C=O) groups is 3. The Morgan fingerprint density at radius 1 is 0.917 bits per heavy atom. The van der Waals surface area contributed by atoms with Gasteiger partial charge in [0.2, 0.25) is 5.91 Å². The first kappa shape index (κ1) is 22.8. The van der Waals surface area contributed by atoms with Gasteiger partial charge in [0.05, 0.1) is 17.5 Å². The Kier molecular flexibility index (Phi) is 5.58. The van der Waals surface area contributed by atoms with Gasteiger partial charge >= 0.3 is 12.0 Å². The van der Waals surface area contributed by atoms with E-state index in [0.29, 0.717) is 12.1 Å². The van der Waals surface area contributed by atoms with Gasteiger partial charge in [-0.25, -0.2) is 9.59 Å². The molecule has 1 saturated carbocycles. The molecule has 1 saturated heterocycles. The lowest BCUT2D eigenvalue weighted by Crippen LogP contribution is -2.71. The molecule has 0 spiro atoms. The van der Waals surface area contributed by atoms with Crippen LogP contribution in [0.15, 0.2) is 71.8 Å². The molecule has 2 fully saturated rings. The van der Waals surface area contributed by atoms with E-state index in [0.717, 1.165) is 49.7 Å². The number of rotatable bonds is 4. The minimum Gasteiger partial charge on any atom is -0.480 e. The van der Waals surface area contributed by atoms with Gasteiger partial charge in [-0.3, -0.25) is 4.79 Å². The van der Waals surface area contributed by atoms with Crippen molar-refractivity contribution in [2.45, 2.75) is 68.5 Å². The summed E-state index contributed by atoms with van der Waals surface area (Å²) >= 11 is 0. The Bertz CT molecular complexity index is 1220. The molecule has 2 heterocycles. The maximum Gasteiger partial charge on any atom is 0.328 e. The maximum absolute atomic E-state index is 14.4. The zero-order valence-corrected chi connectivity index (χ0v) is 20.2. The molecule has 6 rings (SSSR count). The number of fused-ring (bicyclic) bond motifs is 3. The third-order valence-electron chi connectivity index (χ3n) is 8.52. The third kappa shape index (κ3) is 3.69. The van der Waals surface area contributed by atoms with Crippen LogP contribution in [0.2, 0.25) is 0 Å². The number of amides is 3. The SMILES string of the molecule is O=C(O)[C@@H]1[C@H]2C3=C(C3)C[C@@H](CN1C(=O)C1(c3ccccc3)CCCCC1)N2C(=O)Nc1ccccc1. The summed E-state index contributed by atoms with van der Waals surface area (Å²) in [4.78, 5) is 44.0. The van der Waals surface area contributed by atoms with Crippen molar-refractivity contribution in [2.75, 3.05) is 11.9 Å². The minimum absolute atomic E-state index is 0.0939. The van der Waals surface area contributed by atoms with E-state index < -0.39 is 23.5 Å². The van der Waals surface area contributed by atoms with E-state index in [4.69, 9.17) is 0 Å². The molecule has 3 amide bonds. The number of carboxylic acid groups (broad SMARTS) is 1. The summed E-state index contributed by atoms with van der Waals surface area (Å²) in [6, 6.07) is 16.8. The van der Waals surface area contributed by atoms with Crippen LogP contribution < -0.4 is 5.32 Å². The van der Waals surface area contributed by atoms with Gasteiger partial charge in [-0.15, -0.1) is 0 Å². The fourth-order valence-corrected chi connectivity index (χ4v) is 6.78. The van der Waals surface area contributed by atoms with E-state index in [1.54, 1.807) is 9.80 Å². The molecule has 0 radical (unpaired) electrons. The van der Waals surface area contributed by atoms with Crippen molar-refractivity contribution < 1.29 is 19.5 Å². The summed E-state index contributed by atoms with van der Waals surface area (Å²) in [5.74, 6) is -1.15. The largest absolute Gasteiger partial charge is 0.480 e. The maximum atomic E-state index is 14.4. The molecule has 3 atom stereocenters. The number of hydrogen-bond donors (Lipinski definition) is 2. The van der Waals surface area contributed by atoms with Crippen LogP contribution in [0.3, 0.4) is 0 Å². The molecule has 186 valence electrons. The van der Waals surface area contributed by atoms with Crippen molar-refractivity contribution in [3.05, 3.63) is 77.4 Å². The molecule has 2 N–H and O–H groups in total. The molecular formula is C29H31N3O4. The standard InChI is InChI=1S/C29H31N3O4/c33-26(34)25-24-23-17-19(23)16-22(32(24)28(36)30-21-12-6-2-7-13-21)18-31(25)27(35)29(14-8-3-9-15-29)20-10-4-1-5-11-20/h1-2,4-7,10-13,22,24-25H,3,8-9,14-18H2,(H,30,36)(H,33,34)/t22-,24+,25-/m0/s1. The topological polar surface area (TPSA) is 90.0 Å². The van der Waals surface area contributed by atoms with Crippen LogP contribution in [0.1, 0.15) is 50.5 Å². The quantitative estimate of drug-likeness (QED) is 0.622. The first-order chi connectivity index (χ1) is 17.5. The van der Waals surface area contributed by atoms with E-state index in [1.165, 1.54) is 5.57 Å². The Morgan fingerprint density at radius 3 is 2.25 bits per heavy atom. The fourth-order valence-electron chi connectivity index (χ4n) is 6.78. The Balaban J connectivity index is 1.36. The molecule has 7 heteroatoms. The second-order valence-electron chi connectivity index (χ2n) is 10.6. The molecular weight excluding hydrogens is 454 g/mol. The van der Waals surface area contributed by atoms with Gasteiger partial charge in [0, 0.05) is 12.2 Å². The molecule has 2 aromatic carbocycles. The van der Waals surface area contributed by atoms with Crippen LogP contribution in [0.4, 0.5) is 10.5 Å². The van der Waals surface area contributed by atoms with E-state index in [9.17, 15) is 19.5 Å². The lowest BCUT2D eigenvalue weighted by atomic mass is 9.68. The zero-order valence-electron chi connectivity index (χ0n) is 20.2. The number of hydrogen-bond acceptors (Lipinski definition) is 3. The summed E-state index contributed by atoms with van der Waals surface area (Å²) in [6.45, 7) is 0.236. The normalized spacial score (nSPS) is 26.2. The second-order valence-corrected chi connectivity index (χ2v) is 10.6. The van der Waals surface area contributed by atoms with Crippen molar-refractivity contribution in [3.8, 4) is 0 Å². The van der Waals surface area contributed by atoms with E-state index >= 15 is 0 Å². The molecule has 2 aliphatic carbocycles. The van der Waals surface area contributed by atoms with Crippen LogP contribution in [0.5, 0.6) is 0 Å². The number of piperazine rings is 1. The van der Waals surface area contributed by atoms with Crippen LogP contribution in [0, 0.1) is 0 Å². The molecule has 0 aromatic heterocycles. The number of anilines is 1. The highest BCUT2D eigenvalue weighted by atomic mass is 16.4. The van der Waals surface area contributed by atoms with Crippen molar-refractivity contribution in [2.24, 2.45) is 0 Å². The molecule has 36 heavy (non-hydrogen) atoms. The van der Waals surface area contributed by atoms with Crippen LogP contribution in [0.25, 0.3) is 0 Å². The highest BCUT2D eigenvalue weighted by Crippen LogP contribution is 2.50. The van der Waals surface area contributed by atoms with E-state index in [1.807, 2.05) is 60.7 Å². The number of benzene rings is 2. The monoisotopic (exact) mass is 485 g/mol. The molecule has 2 aliphatic heterocycles. The van der Waals surface area contributed by atoms with Crippen molar-refractivity contribution in [1.82, 2.24) is 9.80 Å². The second kappa shape index (κ2) is 8.80. The summed E-state index contributed by atoms with van der Waals surface area (Å²) in [6.07, 6.45) is 5.87. The van der Waals surface area contributed by atoms with Crippen LogP contribution >= 0.6 is 0 Å². The fraction of sp³-hybridized carbons (Fsp3) is 0.414. The highest BCUT2D eigenvalue weighted by molar-refractivity contribution is 5.95. The summed E-state index contributed by atoms with van der Waals surface area (Å²) in [5, 5.41) is 13.4. The van der Waals surface area contributed by atoms with Crippen molar-refractivity contribution in [3.63, 3.8) is 0 Å². The number of nitrogens with one attached hydrogen (secondary N) is 1.